The lowest BCUT2D eigenvalue weighted by Gasteiger charge is -1.96. The largest absolute Gasteiger partial charge is 0.376 e. The Kier molecular flexibility index (Phi) is 4.01. The molecule has 0 aliphatic rings. The maximum absolute atomic E-state index is 5.37. The summed E-state index contributed by atoms with van der Waals surface area (Å²) in [5.74, 6) is 0. The maximum Gasteiger partial charge on any atom is 0.189 e. The molecule has 0 fully saturated rings. The molecular weight excluding hydrogens is 308 g/mol. The second-order valence-corrected chi connectivity index (χ2v) is 5.65. The van der Waals surface area contributed by atoms with Crippen LogP contribution in [0.25, 0.3) is 11.4 Å². The Hall–Kier alpha value is -1.36. The Bertz CT molecular complexity index is 536. The van der Waals surface area contributed by atoms with Crippen LogP contribution in [0.15, 0.2) is 10.8 Å². The van der Waals surface area contributed by atoms with Crippen LogP contribution < -0.4 is 22.1 Å². The van der Waals surface area contributed by atoms with Crippen LogP contribution in [0.1, 0.15) is 0 Å². The molecule has 10 heteroatoms. The molecule has 0 atom stereocenters. The zero-order valence-corrected chi connectivity index (χ0v) is 12.1. The van der Waals surface area contributed by atoms with Gasteiger partial charge < -0.3 is 22.1 Å². The summed E-state index contributed by atoms with van der Waals surface area (Å²) in [5.41, 5.74) is 12.2. The van der Waals surface area contributed by atoms with Crippen molar-refractivity contribution in [2.45, 2.75) is 0 Å². The number of nitrogens with one attached hydrogen (secondary N) is 2. The van der Waals surface area contributed by atoms with E-state index in [-0.39, 0.29) is 10.2 Å². The lowest BCUT2D eigenvalue weighted by molar-refractivity contribution is 1.33. The molecule has 0 amide bonds. The molecular formula is C8H8N6S4. The van der Waals surface area contributed by atoms with E-state index in [0.717, 1.165) is 11.4 Å². The van der Waals surface area contributed by atoms with Crippen molar-refractivity contribution in [1.82, 2.24) is 9.97 Å². The molecule has 2 aromatic rings. The molecule has 2 aromatic heterocycles. The monoisotopic (exact) mass is 316 g/mol. The summed E-state index contributed by atoms with van der Waals surface area (Å²) in [6.45, 7) is 0. The molecule has 18 heavy (non-hydrogen) atoms. The SMILES string of the molecule is NC(=S)Nc1nc(-c2csc(NC(N)=S)n2)cs1. The minimum atomic E-state index is 0.185. The van der Waals surface area contributed by atoms with Gasteiger partial charge in [-0.15, -0.1) is 22.7 Å². The quantitative estimate of drug-likeness (QED) is 0.633. The van der Waals surface area contributed by atoms with E-state index in [0.29, 0.717) is 10.3 Å². The van der Waals surface area contributed by atoms with E-state index < -0.39 is 0 Å². The first kappa shape index (κ1) is 13.1. The molecule has 94 valence electrons. The number of hydrogen-bond donors (Lipinski definition) is 4. The van der Waals surface area contributed by atoms with Gasteiger partial charge >= 0.3 is 0 Å². The molecule has 2 heterocycles. The summed E-state index contributed by atoms with van der Waals surface area (Å²) in [7, 11) is 0. The summed E-state index contributed by atoms with van der Waals surface area (Å²) < 4.78 is 0. The smallest absolute Gasteiger partial charge is 0.189 e. The van der Waals surface area contributed by atoms with Gasteiger partial charge in [0.1, 0.15) is 11.4 Å². The van der Waals surface area contributed by atoms with Gasteiger partial charge in [0.05, 0.1) is 0 Å². The van der Waals surface area contributed by atoms with E-state index in [4.69, 9.17) is 35.9 Å². The predicted molar refractivity (Wildman–Crippen MR) is 84.0 cm³/mol. The number of thiazole rings is 2. The number of rotatable bonds is 3. The lowest BCUT2D eigenvalue weighted by Crippen LogP contribution is -2.18. The van der Waals surface area contributed by atoms with Crippen LogP contribution in [0, 0.1) is 0 Å². The second-order valence-electron chi connectivity index (χ2n) is 3.05. The van der Waals surface area contributed by atoms with Gasteiger partial charge in [-0.3, -0.25) is 0 Å². The Morgan fingerprint density at radius 3 is 1.67 bits per heavy atom. The number of aromatic nitrogens is 2. The zero-order chi connectivity index (χ0) is 13.1. The van der Waals surface area contributed by atoms with Crippen LogP contribution in [0.5, 0.6) is 0 Å². The van der Waals surface area contributed by atoms with Gasteiger partial charge in [0.15, 0.2) is 20.5 Å². The fourth-order valence-corrected chi connectivity index (χ4v) is 2.86. The van der Waals surface area contributed by atoms with Crippen molar-refractivity contribution in [3.05, 3.63) is 10.8 Å². The van der Waals surface area contributed by atoms with Gasteiger partial charge in [0, 0.05) is 10.8 Å². The van der Waals surface area contributed by atoms with Gasteiger partial charge in [-0.1, -0.05) is 0 Å². The molecule has 0 radical (unpaired) electrons. The van der Waals surface area contributed by atoms with Crippen LogP contribution in [0.2, 0.25) is 0 Å². The van der Waals surface area contributed by atoms with Gasteiger partial charge in [-0.05, 0) is 24.4 Å². The van der Waals surface area contributed by atoms with Crippen LogP contribution in [0.3, 0.4) is 0 Å². The van der Waals surface area contributed by atoms with Crippen molar-refractivity contribution in [2.24, 2.45) is 11.5 Å². The van der Waals surface area contributed by atoms with Gasteiger partial charge in [-0.25, -0.2) is 9.97 Å². The number of anilines is 2. The van der Waals surface area contributed by atoms with Crippen LogP contribution >= 0.6 is 47.1 Å². The molecule has 0 saturated carbocycles. The van der Waals surface area contributed by atoms with Gasteiger partial charge in [-0.2, -0.15) is 0 Å². The molecule has 0 saturated heterocycles. The van der Waals surface area contributed by atoms with E-state index in [2.05, 4.69) is 20.6 Å². The third-order valence-electron chi connectivity index (χ3n) is 1.73. The van der Waals surface area contributed by atoms with Crippen molar-refractivity contribution < 1.29 is 0 Å². The van der Waals surface area contributed by atoms with Crippen molar-refractivity contribution in [3.63, 3.8) is 0 Å². The number of hydrogen-bond acceptors (Lipinski definition) is 6. The normalized spacial score (nSPS) is 10.0. The van der Waals surface area contributed by atoms with E-state index in [1.54, 1.807) is 0 Å². The summed E-state index contributed by atoms with van der Waals surface area (Å²) in [4.78, 5) is 8.61. The van der Waals surface area contributed by atoms with E-state index in [9.17, 15) is 0 Å². The average molecular weight is 316 g/mol. The number of nitrogens with zero attached hydrogens (tertiary/aromatic N) is 2. The Morgan fingerprint density at radius 1 is 0.944 bits per heavy atom. The number of nitrogens with two attached hydrogens (primary N) is 2. The first-order valence-electron chi connectivity index (χ1n) is 4.59. The standard InChI is InChI=1S/C8H8N6S4/c9-5(15)13-7-11-3(1-17-7)4-2-18-8(12-4)14-6(10)16/h1-2H,(H3,9,11,13,15)(H3,10,12,14,16). The summed E-state index contributed by atoms with van der Waals surface area (Å²) in [6, 6.07) is 0. The van der Waals surface area contributed by atoms with E-state index in [1.807, 2.05) is 10.8 Å². The highest BCUT2D eigenvalue weighted by Gasteiger charge is 2.09. The van der Waals surface area contributed by atoms with Crippen molar-refractivity contribution in [3.8, 4) is 11.4 Å². The molecule has 6 N–H and O–H groups in total. The molecule has 0 aliphatic heterocycles. The van der Waals surface area contributed by atoms with Crippen molar-refractivity contribution >= 4 is 67.6 Å². The van der Waals surface area contributed by atoms with Crippen molar-refractivity contribution in [2.75, 3.05) is 10.6 Å². The third-order valence-corrected chi connectivity index (χ3v) is 3.45. The highest BCUT2D eigenvalue weighted by Crippen LogP contribution is 2.27. The predicted octanol–water partition coefficient (Wildman–Crippen LogP) is 1.58. The van der Waals surface area contributed by atoms with Crippen LogP contribution in [-0.4, -0.2) is 20.2 Å². The Labute approximate surface area is 121 Å². The zero-order valence-electron chi connectivity index (χ0n) is 8.84. The average Bonchev–Trinajstić information content (AvgIpc) is 2.85. The van der Waals surface area contributed by atoms with Gasteiger partial charge in [0.2, 0.25) is 0 Å². The minimum Gasteiger partial charge on any atom is -0.376 e. The fourth-order valence-electron chi connectivity index (χ4n) is 1.11. The van der Waals surface area contributed by atoms with Crippen LogP contribution in [0.4, 0.5) is 10.3 Å². The third kappa shape index (κ3) is 3.32. The molecule has 0 aromatic carbocycles. The van der Waals surface area contributed by atoms with Crippen molar-refractivity contribution in [1.29, 1.82) is 0 Å². The first-order chi connectivity index (χ1) is 8.54. The van der Waals surface area contributed by atoms with Crippen LogP contribution in [-0.2, 0) is 0 Å². The summed E-state index contributed by atoms with van der Waals surface area (Å²) >= 11 is 12.3. The molecule has 2 rings (SSSR count). The topological polar surface area (TPSA) is 102 Å². The molecule has 0 unspecified atom stereocenters. The molecule has 0 bridgehead atoms. The lowest BCUT2D eigenvalue weighted by atomic mass is 10.4. The van der Waals surface area contributed by atoms with E-state index >= 15 is 0 Å². The summed E-state index contributed by atoms with van der Waals surface area (Å²) in [6.07, 6.45) is 0. The second kappa shape index (κ2) is 5.52. The fraction of sp³-hybridized carbons (Fsp3) is 0. The van der Waals surface area contributed by atoms with Gasteiger partial charge in [0.25, 0.3) is 0 Å². The molecule has 0 spiro atoms. The number of thiocarbonyl (C=S) groups is 2. The maximum atomic E-state index is 5.37. The highest BCUT2D eigenvalue weighted by molar-refractivity contribution is 7.80. The minimum absolute atomic E-state index is 0.185. The Balaban J connectivity index is 2.15. The molecule has 0 aliphatic carbocycles. The summed E-state index contributed by atoms with van der Waals surface area (Å²) in [5, 5.41) is 10.9. The first-order valence-corrected chi connectivity index (χ1v) is 7.16. The van der Waals surface area contributed by atoms with E-state index in [1.165, 1.54) is 22.7 Å². The molecule has 6 nitrogen and oxygen atoms in total. The Morgan fingerprint density at radius 2 is 1.33 bits per heavy atom. The highest BCUT2D eigenvalue weighted by atomic mass is 32.1.